The molecule has 3 heterocycles. The topological polar surface area (TPSA) is 117 Å². The first kappa shape index (κ1) is 16.2. The van der Waals surface area contributed by atoms with Crippen LogP contribution in [0.4, 0.5) is 0 Å². The maximum absolute atomic E-state index is 10.7. The van der Waals surface area contributed by atoms with Gasteiger partial charge in [0.25, 0.3) is 0 Å². The van der Waals surface area contributed by atoms with E-state index in [1.54, 1.807) is 18.2 Å². The van der Waals surface area contributed by atoms with Gasteiger partial charge in [-0.25, -0.2) is 4.79 Å². The van der Waals surface area contributed by atoms with Gasteiger partial charge in [-0.1, -0.05) is 18.2 Å². The summed E-state index contributed by atoms with van der Waals surface area (Å²) < 4.78 is 4.91. The van der Waals surface area contributed by atoms with Gasteiger partial charge in [-0.2, -0.15) is 10.2 Å². The third kappa shape index (κ3) is 3.99. The second-order valence-electron chi connectivity index (χ2n) is 5.00. The second-order valence-corrected chi connectivity index (χ2v) is 5.00. The number of benzene rings is 1. The van der Waals surface area contributed by atoms with E-state index in [9.17, 15) is 9.59 Å². The number of allylic oxidation sites excluding steroid dienone is 2. The van der Waals surface area contributed by atoms with Crippen LogP contribution < -0.4 is 5.63 Å². The molecule has 0 bridgehead atoms. The number of aliphatic carboxylic acids is 1. The first-order chi connectivity index (χ1) is 12.1. The molecule has 0 aliphatic carbocycles. The fourth-order valence-corrected chi connectivity index (χ4v) is 2.16. The minimum atomic E-state index is -0.916. The predicted octanol–water partition coefficient (Wildman–Crippen LogP) is 3.79. The van der Waals surface area contributed by atoms with E-state index in [1.165, 1.54) is 18.5 Å². The van der Waals surface area contributed by atoms with E-state index in [1.807, 2.05) is 18.2 Å². The highest BCUT2D eigenvalue weighted by molar-refractivity contribution is 5.75. The molecule has 2 aliphatic heterocycles. The van der Waals surface area contributed by atoms with Gasteiger partial charge in [-0.15, -0.1) is 10.2 Å². The average Bonchev–Trinajstić information content (AvgIpc) is 3.26. The van der Waals surface area contributed by atoms with E-state index in [0.717, 1.165) is 5.39 Å². The summed E-state index contributed by atoms with van der Waals surface area (Å²) in [4.78, 5) is 21.2. The van der Waals surface area contributed by atoms with E-state index in [-0.39, 0.29) is 12.0 Å². The van der Waals surface area contributed by atoms with Crippen molar-refractivity contribution in [1.29, 1.82) is 0 Å². The van der Waals surface area contributed by atoms with E-state index in [4.69, 9.17) is 9.52 Å². The molecule has 0 amide bonds. The second kappa shape index (κ2) is 7.26. The summed E-state index contributed by atoms with van der Waals surface area (Å²) in [6.45, 7) is 0. The van der Waals surface area contributed by atoms with Crippen LogP contribution in [0.3, 0.4) is 0 Å². The van der Waals surface area contributed by atoms with Crippen molar-refractivity contribution in [3.8, 4) is 0 Å². The molecule has 2 aromatic rings. The standard InChI is InChI=1S/C9H6O2.C8H6N4O2/c10-9-6-5-7-3-1-2-4-8(7)11-9;13-7(14)3-5-4-10-12-8(5)6-1-2-9-11-6/h1-6H;1-2,4H,3H2,(H,13,14). The number of carbonyl (C=O) groups is 1. The average molecular weight is 336 g/mol. The number of azo groups is 2. The molecule has 1 aromatic carbocycles. The molecular formula is C17H12N4O4. The van der Waals surface area contributed by atoms with Gasteiger partial charge in [0.1, 0.15) is 17.0 Å². The van der Waals surface area contributed by atoms with Crippen LogP contribution in [0.2, 0.25) is 0 Å². The Labute approximate surface area is 141 Å². The summed E-state index contributed by atoms with van der Waals surface area (Å²) in [5, 5.41) is 24.4. The summed E-state index contributed by atoms with van der Waals surface area (Å²) in [5.74, 6) is -0.916. The molecule has 0 saturated carbocycles. The van der Waals surface area contributed by atoms with Crippen molar-refractivity contribution in [3.05, 3.63) is 82.3 Å². The van der Waals surface area contributed by atoms with E-state index in [0.29, 0.717) is 22.6 Å². The smallest absolute Gasteiger partial charge is 0.336 e. The van der Waals surface area contributed by atoms with Crippen LogP contribution in [0.1, 0.15) is 6.42 Å². The molecule has 8 nitrogen and oxygen atoms in total. The van der Waals surface area contributed by atoms with Gasteiger partial charge in [0.05, 0.1) is 18.8 Å². The highest BCUT2D eigenvalue weighted by atomic mass is 16.4. The number of nitrogens with zero attached hydrogens (tertiary/aromatic N) is 4. The summed E-state index contributed by atoms with van der Waals surface area (Å²) in [6, 6.07) is 10.6. The highest BCUT2D eigenvalue weighted by Gasteiger charge is 2.18. The van der Waals surface area contributed by atoms with Gasteiger partial charge in [-0.3, -0.25) is 4.79 Å². The van der Waals surface area contributed by atoms with E-state index in [2.05, 4.69) is 20.5 Å². The SMILES string of the molecule is O=C(O)CC1=CN=NC1=C1C=CN=N1.O=c1ccc2ccccc2o1. The monoisotopic (exact) mass is 336 g/mol. The number of carboxylic acid groups (broad SMARTS) is 1. The lowest BCUT2D eigenvalue weighted by atomic mass is 10.1. The first-order valence-corrected chi connectivity index (χ1v) is 7.26. The Balaban J connectivity index is 0.000000150. The molecular weight excluding hydrogens is 324 g/mol. The predicted molar refractivity (Wildman–Crippen MR) is 88.7 cm³/mol. The zero-order valence-electron chi connectivity index (χ0n) is 12.9. The fourth-order valence-electron chi connectivity index (χ4n) is 2.16. The fraction of sp³-hybridized carbons (Fsp3) is 0.0588. The number of rotatable bonds is 2. The molecule has 4 rings (SSSR count). The number of para-hydroxylation sites is 1. The van der Waals surface area contributed by atoms with Crippen molar-refractivity contribution in [1.82, 2.24) is 0 Å². The molecule has 0 radical (unpaired) electrons. The van der Waals surface area contributed by atoms with Gasteiger partial charge < -0.3 is 9.52 Å². The number of fused-ring (bicyclic) bond motifs is 1. The quantitative estimate of drug-likeness (QED) is 0.839. The van der Waals surface area contributed by atoms with Gasteiger partial charge in [-0.05, 0) is 18.2 Å². The largest absolute Gasteiger partial charge is 0.481 e. The van der Waals surface area contributed by atoms with Crippen LogP contribution in [0, 0.1) is 0 Å². The van der Waals surface area contributed by atoms with Crippen LogP contribution in [0.5, 0.6) is 0 Å². The molecule has 0 spiro atoms. The Bertz CT molecular complexity index is 1010. The van der Waals surface area contributed by atoms with E-state index >= 15 is 0 Å². The molecule has 2 aliphatic rings. The molecule has 1 aromatic heterocycles. The van der Waals surface area contributed by atoms with Crippen LogP contribution in [-0.2, 0) is 4.79 Å². The van der Waals surface area contributed by atoms with Gasteiger partial charge in [0, 0.05) is 17.0 Å². The van der Waals surface area contributed by atoms with Crippen LogP contribution >= 0.6 is 0 Å². The minimum Gasteiger partial charge on any atom is -0.481 e. The number of hydrogen-bond acceptors (Lipinski definition) is 7. The van der Waals surface area contributed by atoms with Crippen molar-refractivity contribution < 1.29 is 14.3 Å². The summed E-state index contributed by atoms with van der Waals surface area (Å²) in [6.07, 6.45) is 4.51. The van der Waals surface area contributed by atoms with Crippen molar-refractivity contribution in [2.45, 2.75) is 6.42 Å². The maximum atomic E-state index is 10.7. The van der Waals surface area contributed by atoms with Crippen molar-refractivity contribution in [2.24, 2.45) is 20.5 Å². The first-order valence-electron chi connectivity index (χ1n) is 7.26. The lowest BCUT2D eigenvalue weighted by molar-refractivity contribution is -0.136. The molecule has 8 heteroatoms. The zero-order chi connectivity index (χ0) is 17.6. The van der Waals surface area contributed by atoms with Crippen LogP contribution in [0.15, 0.2) is 102 Å². The van der Waals surface area contributed by atoms with Crippen LogP contribution in [-0.4, -0.2) is 11.1 Å². The molecule has 0 unspecified atom stereocenters. The summed E-state index contributed by atoms with van der Waals surface area (Å²) in [7, 11) is 0. The molecule has 0 saturated heterocycles. The number of carboxylic acids is 1. The Morgan fingerprint density at radius 2 is 1.92 bits per heavy atom. The Kier molecular flexibility index (Phi) is 4.70. The molecule has 0 atom stereocenters. The van der Waals surface area contributed by atoms with Crippen LogP contribution in [0.25, 0.3) is 11.0 Å². The lowest BCUT2D eigenvalue weighted by Crippen LogP contribution is -1.98. The molecule has 25 heavy (non-hydrogen) atoms. The van der Waals surface area contributed by atoms with Crippen molar-refractivity contribution >= 4 is 16.9 Å². The van der Waals surface area contributed by atoms with Gasteiger partial charge in [0.2, 0.25) is 0 Å². The Hall–Kier alpha value is -3.68. The maximum Gasteiger partial charge on any atom is 0.336 e. The van der Waals surface area contributed by atoms with E-state index < -0.39 is 5.97 Å². The Morgan fingerprint density at radius 3 is 2.68 bits per heavy atom. The van der Waals surface area contributed by atoms with Gasteiger partial charge in [0.15, 0.2) is 0 Å². The third-order valence-corrected chi connectivity index (χ3v) is 3.25. The Morgan fingerprint density at radius 1 is 1.08 bits per heavy atom. The van der Waals surface area contributed by atoms with Gasteiger partial charge >= 0.3 is 11.6 Å². The minimum absolute atomic E-state index is 0.102. The summed E-state index contributed by atoms with van der Waals surface area (Å²) in [5.41, 5.74) is 1.94. The normalized spacial score (nSPS) is 17.5. The molecule has 0 fully saturated rings. The zero-order valence-corrected chi connectivity index (χ0v) is 12.9. The van der Waals surface area contributed by atoms with Crippen molar-refractivity contribution in [2.75, 3.05) is 0 Å². The third-order valence-electron chi connectivity index (χ3n) is 3.25. The highest BCUT2D eigenvalue weighted by Crippen LogP contribution is 2.28. The number of hydrogen-bond donors (Lipinski definition) is 1. The summed E-state index contributed by atoms with van der Waals surface area (Å²) >= 11 is 0. The lowest BCUT2D eigenvalue weighted by Gasteiger charge is -1.98. The molecule has 1 N–H and O–H groups in total. The van der Waals surface area contributed by atoms with Crippen molar-refractivity contribution in [3.63, 3.8) is 0 Å². The molecule has 124 valence electrons.